The average Bonchev–Trinajstić information content (AvgIpc) is 2.87. The number of aryl methyl sites for hydroxylation is 1. The Morgan fingerprint density at radius 1 is 1.03 bits per heavy atom. The Balaban J connectivity index is 1.70. The molecule has 0 saturated heterocycles. The third-order valence-corrected chi connectivity index (χ3v) is 6.14. The molecule has 0 aliphatic rings. The summed E-state index contributed by atoms with van der Waals surface area (Å²) in [5.74, 6) is 0.355. The summed E-state index contributed by atoms with van der Waals surface area (Å²) in [6.07, 6.45) is -3.62. The SMILES string of the molecule is CCc1ccc(-n2c(C(C)N(C)C(=O)Nc3ccc(C(F)(F)F)cc3)nc3ccccc3c2=O)cc1. The van der Waals surface area contributed by atoms with Crippen molar-refractivity contribution in [1.29, 1.82) is 0 Å². The van der Waals surface area contributed by atoms with Crippen LogP contribution in [-0.2, 0) is 12.6 Å². The van der Waals surface area contributed by atoms with E-state index in [2.05, 4.69) is 5.32 Å². The van der Waals surface area contributed by atoms with Crippen molar-refractivity contribution >= 4 is 22.6 Å². The lowest BCUT2D eigenvalue weighted by Gasteiger charge is -2.27. The number of carbonyl (C=O) groups is 1. The van der Waals surface area contributed by atoms with Crippen molar-refractivity contribution in [1.82, 2.24) is 14.5 Å². The number of alkyl halides is 3. The van der Waals surface area contributed by atoms with Crippen LogP contribution >= 0.6 is 0 Å². The van der Waals surface area contributed by atoms with E-state index in [9.17, 15) is 22.8 Å². The number of benzene rings is 3. The van der Waals surface area contributed by atoms with Gasteiger partial charge in [0.05, 0.1) is 28.2 Å². The molecule has 0 spiro atoms. The second-order valence-electron chi connectivity index (χ2n) is 8.44. The molecule has 6 nitrogen and oxygen atoms in total. The number of rotatable bonds is 5. The van der Waals surface area contributed by atoms with E-state index in [1.54, 1.807) is 31.2 Å². The number of amides is 2. The maximum absolute atomic E-state index is 13.5. The molecule has 0 aliphatic heterocycles. The van der Waals surface area contributed by atoms with E-state index in [4.69, 9.17) is 4.98 Å². The second-order valence-corrected chi connectivity index (χ2v) is 8.44. The number of para-hydroxylation sites is 1. The molecule has 0 radical (unpaired) electrons. The number of aromatic nitrogens is 2. The Hall–Kier alpha value is -4.14. The van der Waals surface area contributed by atoms with E-state index in [1.807, 2.05) is 31.2 Å². The fourth-order valence-electron chi connectivity index (χ4n) is 3.86. The van der Waals surface area contributed by atoms with Crippen LogP contribution in [0.25, 0.3) is 16.6 Å². The fraction of sp³-hybridized carbons (Fsp3) is 0.222. The number of fused-ring (bicyclic) bond motifs is 1. The summed E-state index contributed by atoms with van der Waals surface area (Å²) >= 11 is 0. The number of nitrogens with one attached hydrogen (secondary N) is 1. The van der Waals surface area contributed by atoms with Crippen LogP contribution in [0.15, 0.2) is 77.6 Å². The lowest BCUT2D eigenvalue weighted by molar-refractivity contribution is -0.137. The van der Waals surface area contributed by atoms with Crippen molar-refractivity contribution in [3.8, 4) is 5.69 Å². The molecular formula is C27H25F3N4O2. The molecule has 0 fully saturated rings. The molecule has 1 N–H and O–H groups in total. The van der Waals surface area contributed by atoms with Gasteiger partial charge in [-0.1, -0.05) is 31.2 Å². The van der Waals surface area contributed by atoms with Crippen LogP contribution in [-0.4, -0.2) is 27.5 Å². The van der Waals surface area contributed by atoms with Crippen LogP contribution in [0, 0.1) is 0 Å². The molecule has 4 aromatic rings. The molecule has 1 atom stereocenters. The zero-order valence-corrected chi connectivity index (χ0v) is 20.0. The summed E-state index contributed by atoms with van der Waals surface area (Å²) in [6, 6.07) is 17.5. The first-order valence-corrected chi connectivity index (χ1v) is 11.4. The van der Waals surface area contributed by atoms with Crippen LogP contribution in [0.1, 0.15) is 36.8 Å². The predicted octanol–water partition coefficient (Wildman–Crippen LogP) is 6.19. The molecule has 1 unspecified atom stereocenters. The molecule has 0 aliphatic carbocycles. The third-order valence-electron chi connectivity index (χ3n) is 6.14. The quantitative estimate of drug-likeness (QED) is 0.360. The highest BCUT2D eigenvalue weighted by Crippen LogP contribution is 2.30. The van der Waals surface area contributed by atoms with Gasteiger partial charge in [-0.15, -0.1) is 0 Å². The van der Waals surface area contributed by atoms with E-state index < -0.39 is 23.8 Å². The number of nitrogens with zero attached hydrogens (tertiary/aromatic N) is 3. The minimum atomic E-state index is -4.46. The summed E-state index contributed by atoms with van der Waals surface area (Å²) in [5, 5.41) is 3.05. The predicted molar refractivity (Wildman–Crippen MR) is 133 cm³/mol. The van der Waals surface area contributed by atoms with Gasteiger partial charge < -0.3 is 10.2 Å². The van der Waals surface area contributed by atoms with Crippen LogP contribution in [0.2, 0.25) is 0 Å². The van der Waals surface area contributed by atoms with Crippen molar-refractivity contribution in [2.75, 3.05) is 12.4 Å². The van der Waals surface area contributed by atoms with Gasteiger partial charge in [0.25, 0.3) is 5.56 Å². The Kier molecular flexibility index (Phi) is 6.83. The van der Waals surface area contributed by atoms with Crippen molar-refractivity contribution in [2.45, 2.75) is 32.5 Å². The van der Waals surface area contributed by atoms with E-state index in [-0.39, 0.29) is 11.2 Å². The molecule has 0 bridgehead atoms. The van der Waals surface area contributed by atoms with Gasteiger partial charge in [0.1, 0.15) is 5.82 Å². The maximum atomic E-state index is 13.5. The van der Waals surface area contributed by atoms with E-state index in [0.717, 1.165) is 24.1 Å². The first kappa shape index (κ1) is 25.0. The number of anilines is 1. The first-order valence-electron chi connectivity index (χ1n) is 11.4. The van der Waals surface area contributed by atoms with Gasteiger partial charge in [-0.3, -0.25) is 9.36 Å². The number of urea groups is 1. The zero-order valence-electron chi connectivity index (χ0n) is 20.0. The second kappa shape index (κ2) is 9.85. The Morgan fingerprint density at radius 2 is 1.67 bits per heavy atom. The van der Waals surface area contributed by atoms with Gasteiger partial charge >= 0.3 is 12.2 Å². The zero-order chi connectivity index (χ0) is 26.0. The Morgan fingerprint density at radius 3 is 2.28 bits per heavy atom. The minimum absolute atomic E-state index is 0.214. The number of hydrogen-bond acceptors (Lipinski definition) is 3. The fourth-order valence-corrected chi connectivity index (χ4v) is 3.86. The van der Waals surface area contributed by atoms with Crippen molar-refractivity contribution in [3.63, 3.8) is 0 Å². The third kappa shape index (κ3) is 4.95. The smallest absolute Gasteiger partial charge is 0.318 e. The van der Waals surface area contributed by atoms with Gasteiger partial charge in [0.2, 0.25) is 0 Å². The normalized spacial score (nSPS) is 12.4. The highest BCUT2D eigenvalue weighted by Gasteiger charge is 2.30. The molecular weight excluding hydrogens is 469 g/mol. The molecule has 186 valence electrons. The molecule has 3 aromatic carbocycles. The van der Waals surface area contributed by atoms with Crippen LogP contribution in [0.3, 0.4) is 0 Å². The summed E-state index contributed by atoms with van der Waals surface area (Å²) in [7, 11) is 1.54. The summed E-state index contributed by atoms with van der Waals surface area (Å²) in [6.45, 7) is 3.77. The molecule has 1 heterocycles. The van der Waals surface area contributed by atoms with Gasteiger partial charge in [-0.05, 0) is 67.4 Å². The maximum Gasteiger partial charge on any atom is 0.416 e. The van der Waals surface area contributed by atoms with Crippen molar-refractivity contribution < 1.29 is 18.0 Å². The van der Waals surface area contributed by atoms with Gasteiger partial charge in [-0.2, -0.15) is 13.2 Å². The van der Waals surface area contributed by atoms with E-state index >= 15 is 0 Å². The Labute approximate surface area is 206 Å². The van der Waals surface area contributed by atoms with Crippen LogP contribution < -0.4 is 10.9 Å². The molecule has 0 saturated carbocycles. The van der Waals surface area contributed by atoms with Gasteiger partial charge in [0.15, 0.2) is 0 Å². The molecule has 36 heavy (non-hydrogen) atoms. The molecule has 9 heteroatoms. The van der Waals surface area contributed by atoms with E-state index in [0.29, 0.717) is 22.4 Å². The average molecular weight is 495 g/mol. The summed E-state index contributed by atoms with van der Waals surface area (Å²) < 4.78 is 40.0. The van der Waals surface area contributed by atoms with Gasteiger partial charge in [-0.25, -0.2) is 9.78 Å². The number of halogens is 3. The molecule has 1 aromatic heterocycles. The largest absolute Gasteiger partial charge is 0.416 e. The van der Waals surface area contributed by atoms with Crippen molar-refractivity contribution in [2.24, 2.45) is 0 Å². The molecule has 4 rings (SSSR count). The molecule has 2 amide bonds. The number of hydrogen-bond donors (Lipinski definition) is 1. The standard InChI is InChI=1S/C27H25F3N4O2/c1-4-18-9-15-21(16-10-18)34-24(32-23-8-6-5-7-22(23)25(34)35)17(2)33(3)26(36)31-20-13-11-19(12-14-20)27(28,29)30/h5-17H,4H2,1-3H3,(H,31,36). The highest BCUT2D eigenvalue weighted by atomic mass is 19.4. The van der Waals surface area contributed by atoms with Gasteiger partial charge in [0, 0.05) is 12.7 Å². The lowest BCUT2D eigenvalue weighted by Crippen LogP contribution is -2.37. The Bertz CT molecular complexity index is 1450. The van der Waals surface area contributed by atoms with Crippen LogP contribution in [0.4, 0.5) is 23.7 Å². The van der Waals surface area contributed by atoms with Crippen molar-refractivity contribution in [3.05, 3.63) is 100 Å². The monoisotopic (exact) mass is 494 g/mol. The summed E-state index contributed by atoms with van der Waals surface area (Å²) in [5.41, 5.74) is 1.38. The summed E-state index contributed by atoms with van der Waals surface area (Å²) in [4.78, 5) is 32.6. The highest BCUT2D eigenvalue weighted by molar-refractivity contribution is 5.89. The number of carbonyl (C=O) groups excluding carboxylic acids is 1. The minimum Gasteiger partial charge on any atom is -0.318 e. The first-order chi connectivity index (χ1) is 17.1. The van der Waals surface area contributed by atoms with Crippen LogP contribution in [0.5, 0.6) is 0 Å². The topological polar surface area (TPSA) is 67.2 Å². The van der Waals surface area contributed by atoms with E-state index in [1.165, 1.54) is 28.6 Å². The lowest BCUT2D eigenvalue weighted by atomic mass is 10.1.